The number of aryl methyl sites for hydroxylation is 1. The van der Waals surface area contributed by atoms with E-state index in [1.54, 1.807) is 48.5 Å². The van der Waals surface area contributed by atoms with Gasteiger partial charge in [0.05, 0.1) is 34.5 Å². The molecule has 0 spiro atoms. The number of hydrogen-bond acceptors (Lipinski definition) is 3. The lowest BCUT2D eigenvalue weighted by atomic mass is 10.1. The van der Waals surface area contributed by atoms with Crippen LogP contribution in [0.15, 0.2) is 71.5 Å². The van der Waals surface area contributed by atoms with E-state index in [9.17, 15) is 22.8 Å². The van der Waals surface area contributed by atoms with Crippen LogP contribution in [0.2, 0.25) is 0 Å². The Morgan fingerprint density at radius 1 is 1.00 bits per heavy atom. The number of alkyl halides is 3. The van der Waals surface area contributed by atoms with Crippen molar-refractivity contribution in [3.8, 4) is 0 Å². The highest BCUT2D eigenvalue weighted by Crippen LogP contribution is 2.34. The van der Waals surface area contributed by atoms with Crippen molar-refractivity contribution in [2.24, 2.45) is 7.05 Å². The molecule has 0 unspecified atom stereocenters. The summed E-state index contributed by atoms with van der Waals surface area (Å²) >= 11 is 0. The third-order valence-corrected chi connectivity index (χ3v) is 5.24. The Labute approximate surface area is 180 Å². The summed E-state index contributed by atoms with van der Waals surface area (Å²) < 4.78 is 42.9. The maximum atomic E-state index is 13.5. The van der Waals surface area contributed by atoms with E-state index in [0.29, 0.717) is 22.5 Å². The van der Waals surface area contributed by atoms with Gasteiger partial charge in [0.25, 0.3) is 5.91 Å². The maximum absolute atomic E-state index is 13.5. The first-order valence-electron chi connectivity index (χ1n) is 9.67. The van der Waals surface area contributed by atoms with Crippen LogP contribution in [0.5, 0.6) is 0 Å². The fraction of sp³-hybridized carbons (Fsp3) is 0.130. The van der Waals surface area contributed by atoms with Gasteiger partial charge in [-0.1, -0.05) is 30.3 Å². The van der Waals surface area contributed by atoms with Gasteiger partial charge in [0.1, 0.15) is 0 Å². The fourth-order valence-electron chi connectivity index (χ4n) is 3.59. The van der Waals surface area contributed by atoms with Crippen LogP contribution in [0.3, 0.4) is 0 Å². The molecule has 1 heterocycles. The zero-order chi connectivity index (χ0) is 23.0. The molecule has 0 saturated carbocycles. The number of amides is 1. The van der Waals surface area contributed by atoms with Crippen molar-refractivity contribution in [1.29, 1.82) is 0 Å². The lowest BCUT2D eigenvalue weighted by molar-refractivity contribution is -0.136. The maximum Gasteiger partial charge on any atom is 0.418 e. The van der Waals surface area contributed by atoms with Crippen LogP contribution in [0.25, 0.3) is 11.0 Å². The number of hydrogen-bond donors (Lipinski definition) is 2. The number of nitrogens with one attached hydrogen (secondary N) is 1. The predicted molar refractivity (Wildman–Crippen MR) is 117 cm³/mol. The Bertz CT molecular complexity index is 1370. The molecule has 0 atom stereocenters. The van der Waals surface area contributed by atoms with Crippen molar-refractivity contribution < 1.29 is 18.0 Å². The van der Waals surface area contributed by atoms with Gasteiger partial charge in [0, 0.05) is 12.6 Å². The van der Waals surface area contributed by atoms with Crippen LogP contribution in [0.4, 0.5) is 24.5 Å². The number of carbonyl (C=O) groups excluding carboxylic acids is 1. The average Bonchev–Trinajstić information content (AvgIpc) is 3.00. The summed E-state index contributed by atoms with van der Waals surface area (Å²) in [6, 6.07) is 16.8. The molecule has 0 aliphatic rings. The summed E-state index contributed by atoms with van der Waals surface area (Å²) in [5.41, 5.74) is 6.25. The summed E-state index contributed by atoms with van der Waals surface area (Å²) in [4.78, 5) is 25.1. The highest BCUT2D eigenvalue weighted by atomic mass is 19.4. The van der Waals surface area contributed by atoms with E-state index in [1.165, 1.54) is 23.7 Å². The predicted octanol–water partition coefficient (Wildman–Crippen LogP) is 4.24. The number of benzene rings is 3. The molecule has 6 nitrogen and oxygen atoms in total. The van der Waals surface area contributed by atoms with Crippen LogP contribution in [-0.4, -0.2) is 15.0 Å². The first-order chi connectivity index (χ1) is 15.2. The van der Waals surface area contributed by atoms with E-state index in [1.807, 2.05) is 0 Å². The number of nitrogen functional groups attached to an aromatic ring is 1. The van der Waals surface area contributed by atoms with Gasteiger partial charge in [-0.25, -0.2) is 4.79 Å². The van der Waals surface area contributed by atoms with Gasteiger partial charge in [-0.2, -0.15) is 13.2 Å². The standard InChI is InChI=1S/C23H19F3N4O2/c1-29-19-8-4-5-16(23(24,25)26)20(19)30(22(29)32)13-14-9-11-15(12-10-14)21(31)28-18-7-3-2-6-17(18)27/h2-12H,13,27H2,1H3,(H,28,31). The zero-order valence-corrected chi connectivity index (χ0v) is 17.0. The summed E-state index contributed by atoms with van der Waals surface area (Å²) in [6.07, 6.45) is -4.60. The second kappa shape index (κ2) is 7.92. The molecular weight excluding hydrogens is 421 g/mol. The molecule has 0 aliphatic carbocycles. The highest BCUT2D eigenvalue weighted by Gasteiger charge is 2.34. The van der Waals surface area contributed by atoms with E-state index in [4.69, 9.17) is 5.73 Å². The molecule has 0 saturated heterocycles. The Balaban J connectivity index is 1.64. The number of carbonyl (C=O) groups is 1. The van der Waals surface area contributed by atoms with Crippen LogP contribution < -0.4 is 16.7 Å². The van der Waals surface area contributed by atoms with Gasteiger partial charge >= 0.3 is 11.9 Å². The Kier molecular flexibility index (Phi) is 5.25. The van der Waals surface area contributed by atoms with Crippen molar-refractivity contribution in [1.82, 2.24) is 9.13 Å². The number of imidazole rings is 1. The van der Waals surface area contributed by atoms with Gasteiger partial charge in [-0.3, -0.25) is 13.9 Å². The topological polar surface area (TPSA) is 82.0 Å². The molecule has 1 aromatic heterocycles. The van der Waals surface area contributed by atoms with E-state index in [2.05, 4.69) is 5.32 Å². The largest absolute Gasteiger partial charge is 0.418 e. The van der Waals surface area contributed by atoms with Crippen molar-refractivity contribution in [3.05, 3.63) is 93.9 Å². The molecule has 0 fully saturated rings. The number of anilines is 2. The van der Waals surface area contributed by atoms with Gasteiger partial charge in [-0.15, -0.1) is 0 Å². The van der Waals surface area contributed by atoms with Gasteiger partial charge in [0.2, 0.25) is 0 Å². The molecule has 4 aromatic rings. The molecular formula is C23H19F3N4O2. The van der Waals surface area contributed by atoms with Gasteiger partial charge in [-0.05, 0) is 42.0 Å². The number of fused-ring (bicyclic) bond motifs is 1. The van der Waals surface area contributed by atoms with Crippen molar-refractivity contribution in [2.45, 2.75) is 12.7 Å². The molecule has 3 N–H and O–H groups in total. The summed E-state index contributed by atoms with van der Waals surface area (Å²) in [7, 11) is 1.43. The number of para-hydroxylation sites is 3. The SMILES string of the molecule is Cn1c(=O)n(Cc2ccc(C(=O)Nc3ccccc3N)cc2)c2c(C(F)(F)F)cccc21. The van der Waals surface area contributed by atoms with E-state index in [0.717, 1.165) is 10.6 Å². The third-order valence-electron chi connectivity index (χ3n) is 5.24. The Morgan fingerprint density at radius 3 is 2.34 bits per heavy atom. The van der Waals surface area contributed by atoms with Crippen molar-refractivity contribution >= 4 is 28.3 Å². The van der Waals surface area contributed by atoms with Crippen LogP contribution in [0.1, 0.15) is 21.5 Å². The minimum absolute atomic E-state index is 0.0726. The molecule has 0 aliphatic heterocycles. The lowest BCUT2D eigenvalue weighted by Crippen LogP contribution is -2.23. The molecule has 0 bridgehead atoms. The van der Waals surface area contributed by atoms with Crippen molar-refractivity contribution in [2.75, 3.05) is 11.1 Å². The Morgan fingerprint density at radius 2 is 1.69 bits per heavy atom. The number of halogens is 3. The molecule has 164 valence electrons. The molecule has 1 amide bonds. The molecule has 32 heavy (non-hydrogen) atoms. The first kappa shape index (κ1) is 21.2. The van der Waals surface area contributed by atoms with E-state index >= 15 is 0 Å². The monoisotopic (exact) mass is 440 g/mol. The van der Waals surface area contributed by atoms with Crippen LogP contribution >= 0.6 is 0 Å². The minimum atomic E-state index is -4.60. The third kappa shape index (κ3) is 3.84. The fourth-order valence-corrected chi connectivity index (χ4v) is 3.59. The summed E-state index contributed by atoms with van der Waals surface area (Å²) in [5.74, 6) is -0.379. The van der Waals surface area contributed by atoms with E-state index in [-0.39, 0.29) is 23.5 Å². The second-order valence-corrected chi connectivity index (χ2v) is 7.34. The molecule has 3 aromatic carbocycles. The number of rotatable bonds is 4. The number of nitrogens with zero attached hydrogens (tertiary/aromatic N) is 2. The molecule has 4 rings (SSSR count). The highest BCUT2D eigenvalue weighted by molar-refractivity contribution is 6.05. The smallest absolute Gasteiger partial charge is 0.397 e. The molecule has 9 heteroatoms. The normalized spacial score (nSPS) is 11.6. The van der Waals surface area contributed by atoms with Crippen molar-refractivity contribution in [3.63, 3.8) is 0 Å². The second-order valence-electron chi connectivity index (χ2n) is 7.34. The number of nitrogens with two attached hydrogens (primary N) is 1. The Hall–Kier alpha value is -4.01. The minimum Gasteiger partial charge on any atom is -0.397 e. The average molecular weight is 440 g/mol. The zero-order valence-electron chi connectivity index (χ0n) is 17.0. The van der Waals surface area contributed by atoms with Crippen LogP contribution in [-0.2, 0) is 19.8 Å². The molecule has 0 radical (unpaired) electrons. The summed E-state index contributed by atoms with van der Waals surface area (Å²) in [6.45, 7) is -0.0726. The first-order valence-corrected chi connectivity index (χ1v) is 9.67. The summed E-state index contributed by atoms with van der Waals surface area (Å²) in [5, 5.41) is 2.71. The van der Waals surface area contributed by atoms with Gasteiger partial charge in [0.15, 0.2) is 0 Å². The number of aromatic nitrogens is 2. The van der Waals surface area contributed by atoms with Gasteiger partial charge < -0.3 is 11.1 Å². The quantitative estimate of drug-likeness (QED) is 0.466. The van der Waals surface area contributed by atoms with Crippen LogP contribution in [0, 0.1) is 0 Å². The van der Waals surface area contributed by atoms with E-state index < -0.39 is 17.4 Å². The lowest BCUT2D eigenvalue weighted by Gasteiger charge is -2.11.